The third kappa shape index (κ3) is 7.16. The predicted molar refractivity (Wildman–Crippen MR) is 133 cm³/mol. The van der Waals surface area contributed by atoms with Gasteiger partial charge in [0.2, 0.25) is 6.21 Å². The van der Waals surface area contributed by atoms with Gasteiger partial charge in [-0.3, -0.25) is 4.79 Å². The van der Waals surface area contributed by atoms with Gasteiger partial charge in [0.25, 0.3) is 11.7 Å². The van der Waals surface area contributed by atoms with Crippen LogP contribution in [0.15, 0.2) is 84.3 Å². The number of amides is 1. The van der Waals surface area contributed by atoms with Crippen molar-refractivity contribution in [1.29, 1.82) is 0 Å². The molecule has 0 spiro atoms. The Morgan fingerprint density at radius 2 is 1.85 bits per heavy atom. The van der Waals surface area contributed by atoms with Gasteiger partial charge in [0.1, 0.15) is 0 Å². The molecule has 2 aromatic carbocycles. The summed E-state index contributed by atoms with van der Waals surface area (Å²) in [5.41, 5.74) is 2.82. The number of para-hydroxylation sites is 1. The van der Waals surface area contributed by atoms with Gasteiger partial charge >= 0.3 is 5.70 Å². The van der Waals surface area contributed by atoms with E-state index in [0.717, 1.165) is 43.9 Å². The van der Waals surface area contributed by atoms with E-state index >= 15 is 0 Å². The normalized spacial score (nSPS) is 20.7. The summed E-state index contributed by atoms with van der Waals surface area (Å²) in [6.07, 6.45) is 9.80. The van der Waals surface area contributed by atoms with Crippen molar-refractivity contribution in [2.75, 3.05) is 31.6 Å². The van der Waals surface area contributed by atoms with Crippen molar-refractivity contribution in [1.82, 2.24) is 5.32 Å². The van der Waals surface area contributed by atoms with Crippen LogP contribution in [0.25, 0.3) is 0 Å². The maximum Gasteiger partial charge on any atom is 0.317 e. The van der Waals surface area contributed by atoms with E-state index in [0.29, 0.717) is 24.2 Å². The molecule has 0 radical (unpaired) electrons. The Bertz CT molecular complexity index is 1010. The van der Waals surface area contributed by atoms with Crippen LogP contribution in [-0.2, 0) is 16.0 Å². The zero-order chi connectivity index (χ0) is 22.9. The molecule has 0 bridgehead atoms. The minimum Gasteiger partial charge on any atom is -0.483 e. The van der Waals surface area contributed by atoms with Crippen molar-refractivity contribution >= 4 is 17.8 Å². The molecule has 5 nitrogen and oxygen atoms in total. The summed E-state index contributed by atoms with van der Waals surface area (Å²) in [7, 11) is 0. The zero-order valence-corrected chi connectivity index (χ0v) is 19.4. The molecule has 5 heteroatoms. The fourth-order valence-corrected chi connectivity index (χ4v) is 4.25. The molecule has 2 aromatic rings. The average molecular weight is 445 g/mol. The van der Waals surface area contributed by atoms with Gasteiger partial charge in [-0.15, -0.1) is 0 Å². The Morgan fingerprint density at radius 3 is 2.61 bits per heavy atom. The van der Waals surface area contributed by atoms with Gasteiger partial charge in [0.05, 0.1) is 13.2 Å². The standard InChI is InChI=1S/C28H33N3O2/c1-22-9-8-12-24(19-22)20-29-16-17-31-21-26(31)27(28(32)30-25-13-6-3-7-14-25)33-18-15-23-10-4-2-5-11-23/h2-11,13-14,21-22,24,29H,12,15-20H2,1H3/p+1/b27-26-. The predicted octanol–water partition coefficient (Wildman–Crippen LogP) is 4.38. The highest BCUT2D eigenvalue weighted by Crippen LogP contribution is 2.22. The Kier molecular flexibility index (Phi) is 8.09. The number of benzene rings is 2. The van der Waals surface area contributed by atoms with Crippen LogP contribution >= 0.6 is 0 Å². The summed E-state index contributed by atoms with van der Waals surface area (Å²) in [5.74, 6) is 1.58. The van der Waals surface area contributed by atoms with Crippen molar-refractivity contribution in [2.24, 2.45) is 11.8 Å². The van der Waals surface area contributed by atoms with Crippen molar-refractivity contribution < 1.29 is 14.1 Å². The lowest BCUT2D eigenvalue weighted by atomic mass is 9.88. The monoisotopic (exact) mass is 444 g/mol. The third-order valence-corrected chi connectivity index (χ3v) is 6.07. The molecule has 1 aliphatic heterocycles. The summed E-state index contributed by atoms with van der Waals surface area (Å²) < 4.78 is 8.11. The van der Waals surface area contributed by atoms with Crippen LogP contribution in [0.5, 0.6) is 0 Å². The zero-order valence-electron chi connectivity index (χ0n) is 19.4. The van der Waals surface area contributed by atoms with Crippen molar-refractivity contribution in [2.45, 2.75) is 26.2 Å². The van der Waals surface area contributed by atoms with Crippen molar-refractivity contribution in [3.8, 4) is 0 Å². The van der Waals surface area contributed by atoms with Gasteiger partial charge < -0.3 is 15.4 Å². The van der Waals surface area contributed by atoms with Gasteiger partial charge in [0, 0.05) is 12.1 Å². The maximum absolute atomic E-state index is 13.0. The number of rotatable bonds is 11. The minimum absolute atomic E-state index is 0.209. The molecule has 33 heavy (non-hydrogen) atoms. The molecule has 0 saturated heterocycles. The van der Waals surface area contributed by atoms with Crippen LogP contribution in [0.1, 0.15) is 25.3 Å². The summed E-state index contributed by atoms with van der Waals surface area (Å²) in [4.78, 5) is 13.0. The average Bonchev–Trinajstić information content (AvgIpc) is 3.60. The SMILES string of the molecule is CC1C=CCC(CNCC[N+]2=CC/2=C(/OCCc2ccccc2)C(=O)Nc2ccccc2)C1. The molecular formula is C28H34N3O2+. The Hall–Kier alpha value is -3.18. The highest BCUT2D eigenvalue weighted by molar-refractivity contribution is 6.06. The summed E-state index contributed by atoms with van der Waals surface area (Å²) in [6.45, 7) is 5.49. The van der Waals surface area contributed by atoms with Crippen LogP contribution in [0.4, 0.5) is 5.69 Å². The van der Waals surface area contributed by atoms with Gasteiger partial charge in [0.15, 0.2) is 6.54 Å². The van der Waals surface area contributed by atoms with E-state index in [2.05, 4.69) is 46.4 Å². The molecule has 1 heterocycles. The van der Waals surface area contributed by atoms with Crippen molar-refractivity contribution in [3.63, 3.8) is 0 Å². The number of hydrogen-bond acceptors (Lipinski definition) is 3. The molecule has 0 saturated carbocycles. The molecule has 172 valence electrons. The fourth-order valence-electron chi connectivity index (χ4n) is 4.25. The summed E-state index contributed by atoms with van der Waals surface area (Å²) in [5, 5.41) is 6.54. The number of anilines is 1. The second-order valence-electron chi connectivity index (χ2n) is 8.89. The number of carbonyl (C=O) groups is 1. The van der Waals surface area contributed by atoms with E-state index in [9.17, 15) is 4.79 Å². The molecule has 2 aliphatic rings. The smallest absolute Gasteiger partial charge is 0.317 e. The van der Waals surface area contributed by atoms with Crippen LogP contribution < -0.4 is 10.6 Å². The molecule has 0 aromatic heterocycles. The second-order valence-corrected chi connectivity index (χ2v) is 8.89. The van der Waals surface area contributed by atoms with E-state index in [4.69, 9.17) is 4.74 Å². The van der Waals surface area contributed by atoms with Crippen LogP contribution in [0.3, 0.4) is 0 Å². The largest absolute Gasteiger partial charge is 0.483 e. The first-order valence-electron chi connectivity index (χ1n) is 12.0. The third-order valence-electron chi connectivity index (χ3n) is 6.07. The molecule has 0 fully saturated rings. The second kappa shape index (κ2) is 11.6. The fraction of sp³-hybridized carbons (Fsp3) is 0.357. The Morgan fingerprint density at radius 1 is 1.09 bits per heavy atom. The van der Waals surface area contributed by atoms with Gasteiger partial charge in [-0.2, -0.15) is 4.58 Å². The topological polar surface area (TPSA) is 53.4 Å². The highest BCUT2D eigenvalue weighted by atomic mass is 16.5. The first-order chi connectivity index (χ1) is 16.2. The lowest BCUT2D eigenvalue weighted by Gasteiger charge is -2.22. The van der Waals surface area contributed by atoms with Gasteiger partial charge in [-0.1, -0.05) is 67.6 Å². The Balaban J connectivity index is 1.30. The van der Waals surface area contributed by atoms with Gasteiger partial charge in [-0.05, 0) is 48.9 Å². The van der Waals surface area contributed by atoms with E-state index in [1.54, 1.807) is 0 Å². The molecule has 2 atom stereocenters. The Labute approximate surface area is 196 Å². The first kappa shape index (κ1) is 23.0. The number of nitrogens with one attached hydrogen (secondary N) is 2. The lowest BCUT2D eigenvalue weighted by Crippen LogP contribution is -2.28. The van der Waals surface area contributed by atoms with E-state index in [-0.39, 0.29) is 5.91 Å². The van der Waals surface area contributed by atoms with Crippen LogP contribution in [-0.4, -0.2) is 42.9 Å². The number of carbonyl (C=O) groups excluding carboxylic acids is 1. The molecular weight excluding hydrogens is 410 g/mol. The summed E-state index contributed by atoms with van der Waals surface area (Å²) in [6, 6.07) is 19.7. The maximum atomic E-state index is 13.0. The quantitative estimate of drug-likeness (QED) is 0.178. The number of nitrogens with zero attached hydrogens (tertiary/aromatic N) is 1. The number of hydrogen-bond donors (Lipinski definition) is 2. The van der Waals surface area contributed by atoms with Crippen molar-refractivity contribution in [3.05, 3.63) is 89.8 Å². The van der Waals surface area contributed by atoms with E-state index in [1.807, 2.05) is 54.7 Å². The first-order valence-corrected chi connectivity index (χ1v) is 12.0. The van der Waals surface area contributed by atoms with E-state index in [1.165, 1.54) is 12.0 Å². The van der Waals surface area contributed by atoms with Crippen LogP contribution in [0, 0.1) is 11.8 Å². The molecule has 4 rings (SSSR count). The summed E-state index contributed by atoms with van der Waals surface area (Å²) >= 11 is 0. The molecule has 1 amide bonds. The minimum atomic E-state index is -0.209. The van der Waals surface area contributed by atoms with Crippen LogP contribution in [0.2, 0.25) is 0 Å². The molecule has 1 aliphatic carbocycles. The number of ether oxygens (including phenoxy) is 1. The number of allylic oxidation sites excluding steroid dienone is 3. The lowest BCUT2D eigenvalue weighted by molar-refractivity contribution is -0.403. The molecule has 2 unspecified atom stereocenters. The molecule has 2 N–H and O–H groups in total. The highest BCUT2D eigenvalue weighted by Gasteiger charge is 2.37. The van der Waals surface area contributed by atoms with Gasteiger partial charge in [-0.25, -0.2) is 0 Å². The van der Waals surface area contributed by atoms with E-state index < -0.39 is 0 Å².